The summed E-state index contributed by atoms with van der Waals surface area (Å²) in [6.07, 6.45) is 4.64. The van der Waals surface area contributed by atoms with Crippen LogP contribution in [0.2, 0.25) is 0 Å². The van der Waals surface area contributed by atoms with E-state index in [2.05, 4.69) is 19.1 Å². The first-order valence-electron chi connectivity index (χ1n) is 9.88. The lowest BCUT2D eigenvalue weighted by Gasteiger charge is -2.37. The molecule has 0 aromatic heterocycles. The molecular weight excluding hydrogens is 336 g/mol. The van der Waals surface area contributed by atoms with E-state index in [1.807, 2.05) is 41.3 Å². The Hall–Kier alpha value is -2.62. The molecule has 2 aromatic rings. The van der Waals surface area contributed by atoms with Crippen LogP contribution in [0, 0.1) is 6.92 Å². The molecule has 0 bridgehead atoms. The monoisotopic (exact) mass is 362 g/mol. The molecule has 0 radical (unpaired) electrons. The standard InChI is InChI=1S/C23H26N2O2/c1-17-7-2-5-12-21(17)18-8-6-9-19(15-18)23(27)24-13-14-25(22(26)16-24)20-10-3-4-11-20/h2,5-9,12,15,20H,3-4,10-11,13-14,16H2,1H3. The first kappa shape index (κ1) is 17.8. The number of amides is 2. The summed E-state index contributed by atoms with van der Waals surface area (Å²) in [4.78, 5) is 29.3. The van der Waals surface area contributed by atoms with Crippen molar-refractivity contribution in [1.29, 1.82) is 0 Å². The first-order chi connectivity index (χ1) is 13.1. The molecule has 0 N–H and O–H groups in total. The number of benzene rings is 2. The maximum Gasteiger partial charge on any atom is 0.254 e. The Bertz CT molecular complexity index is 855. The molecule has 1 heterocycles. The second kappa shape index (κ2) is 7.55. The van der Waals surface area contributed by atoms with E-state index >= 15 is 0 Å². The van der Waals surface area contributed by atoms with Crippen LogP contribution < -0.4 is 0 Å². The second-order valence-corrected chi connectivity index (χ2v) is 7.65. The fourth-order valence-corrected chi connectivity index (χ4v) is 4.36. The van der Waals surface area contributed by atoms with Gasteiger partial charge in [0.05, 0.1) is 0 Å². The molecule has 4 rings (SSSR count). The van der Waals surface area contributed by atoms with E-state index in [1.165, 1.54) is 18.4 Å². The van der Waals surface area contributed by atoms with Gasteiger partial charge in [-0.15, -0.1) is 0 Å². The van der Waals surface area contributed by atoms with Crippen LogP contribution >= 0.6 is 0 Å². The van der Waals surface area contributed by atoms with Crippen LogP contribution in [0.15, 0.2) is 48.5 Å². The van der Waals surface area contributed by atoms with Gasteiger partial charge in [0, 0.05) is 24.7 Å². The van der Waals surface area contributed by atoms with Crippen LogP contribution in [0.1, 0.15) is 41.6 Å². The number of hydrogen-bond acceptors (Lipinski definition) is 2. The fraction of sp³-hybridized carbons (Fsp3) is 0.391. The Balaban J connectivity index is 1.50. The lowest BCUT2D eigenvalue weighted by atomic mass is 9.98. The molecule has 2 fully saturated rings. The normalized spacial score (nSPS) is 18.2. The van der Waals surface area contributed by atoms with Crippen LogP contribution in [-0.2, 0) is 4.79 Å². The second-order valence-electron chi connectivity index (χ2n) is 7.65. The lowest BCUT2D eigenvalue weighted by Crippen LogP contribution is -2.54. The molecule has 140 valence electrons. The van der Waals surface area contributed by atoms with Gasteiger partial charge in [0.1, 0.15) is 6.54 Å². The van der Waals surface area contributed by atoms with Crippen LogP contribution in [-0.4, -0.2) is 47.3 Å². The summed E-state index contributed by atoms with van der Waals surface area (Å²) in [6, 6.07) is 16.3. The lowest BCUT2D eigenvalue weighted by molar-refractivity contribution is -0.137. The highest BCUT2D eigenvalue weighted by Crippen LogP contribution is 2.26. The molecule has 1 saturated heterocycles. The Labute approximate surface area is 160 Å². The number of aryl methyl sites for hydroxylation is 1. The zero-order valence-electron chi connectivity index (χ0n) is 15.9. The highest BCUT2D eigenvalue weighted by Gasteiger charge is 2.33. The minimum Gasteiger partial charge on any atom is -0.336 e. The Morgan fingerprint density at radius 1 is 1.00 bits per heavy atom. The minimum atomic E-state index is -0.0511. The van der Waals surface area contributed by atoms with E-state index < -0.39 is 0 Å². The van der Waals surface area contributed by atoms with E-state index in [9.17, 15) is 9.59 Å². The van der Waals surface area contributed by atoms with E-state index in [1.54, 1.807) is 4.90 Å². The van der Waals surface area contributed by atoms with Gasteiger partial charge in [0.25, 0.3) is 5.91 Å². The maximum atomic E-state index is 13.0. The van der Waals surface area contributed by atoms with Crippen molar-refractivity contribution in [3.8, 4) is 11.1 Å². The molecule has 0 unspecified atom stereocenters. The summed E-state index contributed by atoms with van der Waals surface area (Å²) in [7, 11) is 0. The highest BCUT2D eigenvalue weighted by atomic mass is 16.2. The molecule has 4 heteroatoms. The van der Waals surface area contributed by atoms with Gasteiger partial charge in [0.2, 0.25) is 5.91 Å². The van der Waals surface area contributed by atoms with Gasteiger partial charge in [0.15, 0.2) is 0 Å². The topological polar surface area (TPSA) is 40.6 Å². The predicted molar refractivity (Wildman–Crippen MR) is 106 cm³/mol. The van der Waals surface area contributed by atoms with Gasteiger partial charge < -0.3 is 9.80 Å². The van der Waals surface area contributed by atoms with Gasteiger partial charge in [-0.3, -0.25) is 9.59 Å². The predicted octanol–water partition coefficient (Wildman–Crippen LogP) is 3.89. The smallest absolute Gasteiger partial charge is 0.254 e. The molecule has 27 heavy (non-hydrogen) atoms. The molecule has 2 amide bonds. The van der Waals surface area contributed by atoms with Crippen molar-refractivity contribution in [2.45, 2.75) is 38.6 Å². The highest BCUT2D eigenvalue weighted by molar-refractivity contribution is 5.98. The number of piperazine rings is 1. The Kier molecular flexibility index (Phi) is 4.97. The molecule has 0 atom stereocenters. The van der Waals surface area contributed by atoms with Crippen molar-refractivity contribution in [1.82, 2.24) is 9.80 Å². The van der Waals surface area contributed by atoms with Gasteiger partial charge in [-0.25, -0.2) is 0 Å². The molecule has 4 nitrogen and oxygen atoms in total. The third-order valence-electron chi connectivity index (χ3n) is 5.88. The van der Waals surface area contributed by atoms with Crippen molar-refractivity contribution in [3.05, 3.63) is 59.7 Å². The zero-order chi connectivity index (χ0) is 18.8. The van der Waals surface area contributed by atoms with Crippen LogP contribution in [0.25, 0.3) is 11.1 Å². The van der Waals surface area contributed by atoms with Crippen molar-refractivity contribution >= 4 is 11.8 Å². The summed E-state index contributed by atoms with van der Waals surface area (Å²) in [5, 5.41) is 0. The van der Waals surface area contributed by atoms with Crippen LogP contribution in [0.4, 0.5) is 0 Å². The Morgan fingerprint density at radius 2 is 1.78 bits per heavy atom. The molecule has 1 aliphatic carbocycles. The fourth-order valence-electron chi connectivity index (χ4n) is 4.36. The van der Waals surface area contributed by atoms with E-state index in [4.69, 9.17) is 0 Å². The average molecular weight is 362 g/mol. The summed E-state index contributed by atoms with van der Waals surface area (Å²) in [5.74, 6) is 0.0430. The maximum absolute atomic E-state index is 13.0. The summed E-state index contributed by atoms with van der Waals surface area (Å²) >= 11 is 0. The molecule has 2 aliphatic rings. The average Bonchev–Trinajstić information content (AvgIpc) is 3.22. The summed E-state index contributed by atoms with van der Waals surface area (Å²) in [6.45, 7) is 3.55. The number of carbonyl (C=O) groups is 2. The largest absolute Gasteiger partial charge is 0.336 e. The number of hydrogen-bond donors (Lipinski definition) is 0. The Morgan fingerprint density at radius 3 is 2.52 bits per heavy atom. The molecule has 0 spiro atoms. The molecule has 2 aromatic carbocycles. The molecule has 1 aliphatic heterocycles. The van der Waals surface area contributed by atoms with Gasteiger partial charge >= 0.3 is 0 Å². The van der Waals surface area contributed by atoms with Gasteiger partial charge in [-0.1, -0.05) is 49.2 Å². The first-order valence-corrected chi connectivity index (χ1v) is 9.88. The summed E-state index contributed by atoms with van der Waals surface area (Å²) in [5.41, 5.74) is 4.00. The summed E-state index contributed by atoms with van der Waals surface area (Å²) < 4.78 is 0. The quantitative estimate of drug-likeness (QED) is 0.831. The van der Waals surface area contributed by atoms with E-state index in [0.29, 0.717) is 24.7 Å². The van der Waals surface area contributed by atoms with Gasteiger partial charge in [-0.2, -0.15) is 0 Å². The van der Waals surface area contributed by atoms with Crippen LogP contribution in [0.5, 0.6) is 0 Å². The molecular formula is C23H26N2O2. The zero-order valence-corrected chi connectivity index (χ0v) is 15.9. The molecule has 1 saturated carbocycles. The van der Waals surface area contributed by atoms with Crippen LogP contribution in [0.3, 0.4) is 0 Å². The van der Waals surface area contributed by atoms with E-state index in [0.717, 1.165) is 24.0 Å². The minimum absolute atomic E-state index is 0.0511. The van der Waals surface area contributed by atoms with Crippen molar-refractivity contribution < 1.29 is 9.59 Å². The third kappa shape index (κ3) is 3.61. The SMILES string of the molecule is Cc1ccccc1-c1cccc(C(=O)N2CCN(C3CCCC3)C(=O)C2)c1. The number of nitrogens with zero attached hydrogens (tertiary/aromatic N) is 2. The van der Waals surface area contributed by atoms with Crippen molar-refractivity contribution in [3.63, 3.8) is 0 Å². The number of rotatable bonds is 3. The van der Waals surface area contributed by atoms with E-state index in [-0.39, 0.29) is 18.4 Å². The number of carbonyl (C=O) groups excluding carboxylic acids is 2. The van der Waals surface area contributed by atoms with Gasteiger partial charge in [-0.05, 0) is 48.6 Å². The third-order valence-corrected chi connectivity index (χ3v) is 5.88. The van der Waals surface area contributed by atoms with Crippen molar-refractivity contribution in [2.24, 2.45) is 0 Å². The van der Waals surface area contributed by atoms with Crippen molar-refractivity contribution in [2.75, 3.05) is 19.6 Å².